The number of nitrogens with one attached hydrogen (secondary N) is 2. The second-order valence-corrected chi connectivity index (χ2v) is 8.69. The number of rotatable bonds is 9. The highest BCUT2D eigenvalue weighted by Crippen LogP contribution is 2.35. The molecule has 1 aliphatic heterocycles. The van der Waals surface area contributed by atoms with Gasteiger partial charge in [0.15, 0.2) is 5.82 Å². The van der Waals surface area contributed by atoms with Crippen LogP contribution in [0.25, 0.3) is 10.9 Å². The predicted octanol–water partition coefficient (Wildman–Crippen LogP) is 4.92. The van der Waals surface area contributed by atoms with Gasteiger partial charge in [-0.2, -0.15) is 0 Å². The largest absolute Gasteiger partial charge is 0.489 e. The molecule has 1 aromatic heterocycles. The van der Waals surface area contributed by atoms with Crippen molar-refractivity contribution in [1.82, 2.24) is 14.9 Å². The van der Waals surface area contributed by atoms with Crippen LogP contribution in [-0.2, 0) is 9.53 Å². The van der Waals surface area contributed by atoms with Crippen molar-refractivity contribution in [3.05, 3.63) is 59.4 Å². The van der Waals surface area contributed by atoms with E-state index in [4.69, 9.17) is 21.1 Å². The Morgan fingerprint density at radius 1 is 1.25 bits per heavy atom. The molecule has 2 N–H and O–H groups in total. The topological polar surface area (TPSA) is 88.6 Å². The molecule has 1 unspecified atom stereocenters. The van der Waals surface area contributed by atoms with Crippen molar-refractivity contribution in [2.45, 2.75) is 18.9 Å². The number of nitrogens with zero attached hydrogens (tertiary/aromatic N) is 3. The Morgan fingerprint density at radius 3 is 2.83 bits per heavy atom. The SMILES string of the molecule is COCCOc1cc2ncnc(Nc3ccc(F)c(Cl)c3F)c2cc1NC(=O)C=CC1CCCN1C. The van der Waals surface area contributed by atoms with Crippen LogP contribution in [0, 0.1) is 11.6 Å². The van der Waals surface area contributed by atoms with E-state index in [2.05, 4.69) is 25.5 Å². The summed E-state index contributed by atoms with van der Waals surface area (Å²) < 4.78 is 39.0. The van der Waals surface area contributed by atoms with Crippen LogP contribution in [-0.4, -0.2) is 60.7 Å². The van der Waals surface area contributed by atoms with Gasteiger partial charge in [0, 0.05) is 30.7 Å². The van der Waals surface area contributed by atoms with Crippen LogP contribution in [0.1, 0.15) is 12.8 Å². The molecule has 1 amide bonds. The molecular weight excluding hydrogens is 492 g/mol. The first kappa shape index (κ1) is 25.7. The number of aromatic nitrogens is 2. The first-order chi connectivity index (χ1) is 17.4. The predicted molar refractivity (Wildman–Crippen MR) is 135 cm³/mol. The van der Waals surface area contributed by atoms with Crippen LogP contribution in [0.15, 0.2) is 42.7 Å². The van der Waals surface area contributed by atoms with Crippen molar-refractivity contribution in [2.75, 3.05) is 44.5 Å². The zero-order chi connectivity index (χ0) is 25.7. The Hall–Kier alpha value is -3.34. The highest BCUT2D eigenvalue weighted by Gasteiger charge is 2.19. The van der Waals surface area contributed by atoms with E-state index in [1.807, 2.05) is 13.1 Å². The number of ether oxygens (including phenoxy) is 2. The van der Waals surface area contributed by atoms with Crippen LogP contribution in [0.5, 0.6) is 5.75 Å². The minimum absolute atomic E-state index is 0.0592. The second-order valence-electron chi connectivity index (χ2n) is 8.32. The first-order valence-electron chi connectivity index (χ1n) is 11.4. The standard InChI is InChI=1S/C25H26ClF2N5O3/c1-33-9-3-4-15(33)5-8-22(34)31-20-12-16-19(13-21(20)36-11-10-35-2)29-14-30-25(16)32-18-7-6-17(27)23(26)24(18)28/h5-8,12-15H,3-4,9-11H2,1-2H3,(H,31,34)(H,29,30,32). The maximum atomic E-state index is 14.5. The molecule has 1 saturated heterocycles. The first-order valence-corrected chi connectivity index (χ1v) is 11.8. The summed E-state index contributed by atoms with van der Waals surface area (Å²) in [5.74, 6) is -1.51. The smallest absolute Gasteiger partial charge is 0.248 e. The lowest BCUT2D eigenvalue weighted by atomic mass is 10.1. The van der Waals surface area contributed by atoms with Crippen molar-refractivity contribution in [3.63, 3.8) is 0 Å². The molecule has 1 atom stereocenters. The maximum absolute atomic E-state index is 14.5. The number of benzene rings is 2. The van der Waals surface area contributed by atoms with Gasteiger partial charge in [-0.1, -0.05) is 17.7 Å². The van der Waals surface area contributed by atoms with Crippen molar-refractivity contribution >= 4 is 45.6 Å². The molecule has 0 radical (unpaired) electrons. The van der Waals surface area contributed by atoms with Gasteiger partial charge in [0.1, 0.15) is 35.3 Å². The number of hydrogen-bond donors (Lipinski definition) is 2. The number of amides is 1. The molecule has 3 aromatic rings. The van der Waals surface area contributed by atoms with Crippen molar-refractivity contribution in [1.29, 1.82) is 0 Å². The Morgan fingerprint density at radius 2 is 2.08 bits per heavy atom. The van der Waals surface area contributed by atoms with E-state index in [0.717, 1.165) is 25.5 Å². The number of carbonyl (C=O) groups is 1. The van der Waals surface area contributed by atoms with Crippen LogP contribution in [0.4, 0.5) is 26.0 Å². The van der Waals surface area contributed by atoms with Crippen LogP contribution in [0.2, 0.25) is 5.02 Å². The number of halogens is 3. The van der Waals surface area contributed by atoms with E-state index in [1.165, 1.54) is 18.5 Å². The lowest BCUT2D eigenvalue weighted by molar-refractivity contribution is -0.112. The highest BCUT2D eigenvalue weighted by molar-refractivity contribution is 6.31. The van der Waals surface area contributed by atoms with Gasteiger partial charge in [0.2, 0.25) is 5.91 Å². The molecule has 0 saturated carbocycles. The van der Waals surface area contributed by atoms with Crippen molar-refractivity contribution < 1.29 is 23.0 Å². The summed E-state index contributed by atoms with van der Waals surface area (Å²) in [5, 5.41) is 5.53. The van der Waals surface area contributed by atoms with E-state index in [-0.39, 0.29) is 30.1 Å². The number of likely N-dealkylation sites (N-methyl/N-ethyl adjacent to an activating group) is 1. The third-order valence-corrected chi connectivity index (χ3v) is 6.22. The van der Waals surface area contributed by atoms with E-state index >= 15 is 0 Å². The average Bonchev–Trinajstić information content (AvgIpc) is 3.28. The normalized spacial score (nSPS) is 16.1. The summed E-state index contributed by atoms with van der Waals surface area (Å²) in [5.41, 5.74) is 0.800. The van der Waals surface area contributed by atoms with Gasteiger partial charge < -0.3 is 20.1 Å². The van der Waals surface area contributed by atoms with Gasteiger partial charge in [-0.05, 0) is 44.6 Å². The fourth-order valence-corrected chi connectivity index (χ4v) is 4.10. The molecule has 0 aliphatic carbocycles. The van der Waals surface area contributed by atoms with Crippen molar-refractivity contribution in [3.8, 4) is 5.75 Å². The van der Waals surface area contributed by atoms with Crippen LogP contribution >= 0.6 is 11.6 Å². The third kappa shape index (κ3) is 5.89. The van der Waals surface area contributed by atoms with E-state index in [1.54, 1.807) is 19.2 Å². The van der Waals surface area contributed by atoms with Gasteiger partial charge in [-0.3, -0.25) is 9.69 Å². The molecule has 11 heteroatoms. The molecular formula is C25H26ClF2N5O3. The summed E-state index contributed by atoms with van der Waals surface area (Å²) in [4.78, 5) is 23.4. The Labute approximate surface area is 212 Å². The molecule has 2 aromatic carbocycles. The highest BCUT2D eigenvalue weighted by atomic mass is 35.5. The molecule has 4 rings (SSSR count). The summed E-state index contributed by atoms with van der Waals surface area (Å²) in [7, 11) is 3.58. The van der Waals surface area contributed by atoms with Gasteiger partial charge >= 0.3 is 0 Å². The van der Waals surface area contributed by atoms with E-state index in [0.29, 0.717) is 28.9 Å². The molecule has 190 valence electrons. The van der Waals surface area contributed by atoms with Gasteiger partial charge in [0.25, 0.3) is 0 Å². The monoisotopic (exact) mass is 517 g/mol. The van der Waals surface area contributed by atoms with Crippen molar-refractivity contribution in [2.24, 2.45) is 0 Å². The Kier molecular flexibility index (Phi) is 8.29. The fourth-order valence-electron chi connectivity index (χ4n) is 3.94. The minimum Gasteiger partial charge on any atom is -0.489 e. The Balaban J connectivity index is 1.66. The van der Waals surface area contributed by atoms with Gasteiger partial charge in [-0.15, -0.1) is 0 Å². The number of anilines is 3. The summed E-state index contributed by atoms with van der Waals surface area (Å²) in [6, 6.07) is 5.77. The van der Waals surface area contributed by atoms with E-state index < -0.39 is 16.7 Å². The van der Waals surface area contributed by atoms with Crippen LogP contribution in [0.3, 0.4) is 0 Å². The molecule has 36 heavy (non-hydrogen) atoms. The maximum Gasteiger partial charge on any atom is 0.248 e. The summed E-state index contributed by atoms with van der Waals surface area (Å²) >= 11 is 5.71. The molecule has 1 fully saturated rings. The number of likely N-dealkylation sites (tertiary alicyclic amines) is 1. The third-order valence-electron chi connectivity index (χ3n) is 5.87. The summed E-state index contributed by atoms with van der Waals surface area (Å²) in [6.07, 6.45) is 6.77. The van der Waals surface area contributed by atoms with E-state index in [9.17, 15) is 13.6 Å². The molecule has 8 nitrogen and oxygen atoms in total. The molecule has 0 bridgehead atoms. The number of carbonyl (C=O) groups excluding carboxylic acids is 1. The minimum atomic E-state index is -0.946. The summed E-state index contributed by atoms with van der Waals surface area (Å²) in [6.45, 7) is 1.60. The molecule has 1 aliphatic rings. The Bertz CT molecular complexity index is 1290. The molecule has 2 heterocycles. The fraction of sp³-hybridized carbons (Fsp3) is 0.320. The van der Waals surface area contributed by atoms with Crippen LogP contribution < -0.4 is 15.4 Å². The van der Waals surface area contributed by atoms with Gasteiger partial charge in [0.05, 0.1) is 23.5 Å². The average molecular weight is 518 g/mol. The van der Waals surface area contributed by atoms with Gasteiger partial charge in [-0.25, -0.2) is 18.7 Å². The number of methoxy groups -OCH3 is 1. The zero-order valence-electron chi connectivity index (χ0n) is 19.9. The number of fused-ring (bicyclic) bond motifs is 1. The zero-order valence-corrected chi connectivity index (χ0v) is 20.6. The lowest BCUT2D eigenvalue weighted by Gasteiger charge is -2.16. The quantitative estimate of drug-likeness (QED) is 0.236. The second kappa shape index (κ2) is 11.6. The molecule has 0 spiro atoms. The number of hydrogen-bond acceptors (Lipinski definition) is 7. The lowest BCUT2D eigenvalue weighted by Crippen LogP contribution is -2.23.